The molecular weight excluding hydrogens is 232 g/mol. The highest BCUT2D eigenvalue weighted by atomic mass is 16.4. The number of carboxylic acid groups (broad SMARTS) is 1. The first kappa shape index (κ1) is 16.7. The van der Waals surface area contributed by atoms with E-state index in [4.69, 9.17) is 5.11 Å². The number of urea groups is 1. The Hall–Kier alpha value is -1.26. The smallest absolute Gasteiger partial charge is 0.317 e. The van der Waals surface area contributed by atoms with Crippen LogP contribution in [-0.2, 0) is 4.79 Å². The standard InChI is InChI=1S/C13H26N2O3/c1-4-7-9-15(6-3)13(18)14-10-11(8-5-2)12(16)17/h11H,4-10H2,1-3H3,(H,14,18)(H,16,17). The lowest BCUT2D eigenvalue weighted by atomic mass is 10.0. The molecule has 0 aromatic rings. The molecule has 0 bridgehead atoms. The Balaban J connectivity index is 4.15. The predicted molar refractivity (Wildman–Crippen MR) is 71.6 cm³/mol. The molecule has 0 aliphatic heterocycles. The van der Waals surface area contributed by atoms with E-state index < -0.39 is 11.9 Å². The second kappa shape index (κ2) is 9.74. The van der Waals surface area contributed by atoms with E-state index in [1.807, 2.05) is 13.8 Å². The third-order valence-electron chi connectivity index (χ3n) is 2.94. The summed E-state index contributed by atoms with van der Waals surface area (Å²) in [5.74, 6) is -1.32. The number of hydrogen-bond acceptors (Lipinski definition) is 2. The first-order chi connectivity index (χ1) is 8.56. The third kappa shape index (κ3) is 6.47. The molecule has 2 amide bonds. The zero-order chi connectivity index (χ0) is 14.0. The van der Waals surface area contributed by atoms with Gasteiger partial charge >= 0.3 is 12.0 Å². The van der Waals surface area contributed by atoms with E-state index in [1.54, 1.807) is 4.90 Å². The minimum Gasteiger partial charge on any atom is -0.481 e. The lowest BCUT2D eigenvalue weighted by Gasteiger charge is -2.22. The van der Waals surface area contributed by atoms with Crippen molar-refractivity contribution in [3.05, 3.63) is 0 Å². The molecule has 0 rings (SSSR count). The van der Waals surface area contributed by atoms with Crippen LogP contribution in [0.15, 0.2) is 0 Å². The number of nitrogens with one attached hydrogen (secondary N) is 1. The highest BCUT2D eigenvalue weighted by Crippen LogP contribution is 2.05. The summed E-state index contributed by atoms with van der Waals surface area (Å²) in [5.41, 5.74) is 0. The van der Waals surface area contributed by atoms with Crippen molar-refractivity contribution < 1.29 is 14.7 Å². The molecule has 0 spiro atoms. The summed E-state index contributed by atoms with van der Waals surface area (Å²) in [6.45, 7) is 7.53. The van der Waals surface area contributed by atoms with Crippen molar-refractivity contribution in [1.82, 2.24) is 10.2 Å². The van der Waals surface area contributed by atoms with E-state index in [9.17, 15) is 9.59 Å². The van der Waals surface area contributed by atoms with Gasteiger partial charge in [-0.15, -0.1) is 0 Å². The largest absolute Gasteiger partial charge is 0.481 e. The Bertz CT molecular complexity index is 257. The maximum atomic E-state index is 11.8. The van der Waals surface area contributed by atoms with Gasteiger partial charge in [0, 0.05) is 19.6 Å². The predicted octanol–water partition coefficient (Wildman–Crippen LogP) is 2.32. The van der Waals surface area contributed by atoms with Gasteiger partial charge in [0.1, 0.15) is 0 Å². The van der Waals surface area contributed by atoms with Gasteiger partial charge in [0.2, 0.25) is 0 Å². The first-order valence-corrected chi connectivity index (χ1v) is 6.82. The fourth-order valence-electron chi connectivity index (χ4n) is 1.74. The molecule has 0 aliphatic carbocycles. The van der Waals surface area contributed by atoms with Crippen LogP contribution in [0.4, 0.5) is 4.79 Å². The van der Waals surface area contributed by atoms with Crippen LogP contribution in [0, 0.1) is 5.92 Å². The molecular formula is C13H26N2O3. The van der Waals surface area contributed by atoms with Crippen LogP contribution >= 0.6 is 0 Å². The second-order valence-corrected chi connectivity index (χ2v) is 4.44. The Morgan fingerprint density at radius 3 is 2.33 bits per heavy atom. The van der Waals surface area contributed by atoms with Crippen LogP contribution in [0.2, 0.25) is 0 Å². The van der Waals surface area contributed by atoms with Crippen LogP contribution in [0.3, 0.4) is 0 Å². The summed E-state index contributed by atoms with van der Waals surface area (Å²) in [4.78, 5) is 24.5. The number of carbonyl (C=O) groups excluding carboxylic acids is 1. The number of hydrogen-bond donors (Lipinski definition) is 2. The van der Waals surface area contributed by atoms with E-state index in [0.29, 0.717) is 13.0 Å². The number of aliphatic carboxylic acids is 1. The van der Waals surface area contributed by atoms with Crippen molar-refractivity contribution >= 4 is 12.0 Å². The topological polar surface area (TPSA) is 69.6 Å². The van der Waals surface area contributed by atoms with Crippen molar-refractivity contribution in [2.75, 3.05) is 19.6 Å². The number of amides is 2. The van der Waals surface area contributed by atoms with Gasteiger partial charge in [-0.05, 0) is 19.8 Å². The fraction of sp³-hybridized carbons (Fsp3) is 0.846. The van der Waals surface area contributed by atoms with Crippen molar-refractivity contribution in [2.24, 2.45) is 5.92 Å². The summed E-state index contributed by atoms with van der Waals surface area (Å²) in [6, 6.07) is -0.159. The molecule has 5 nitrogen and oxygen atoms in total. The Kier molecular flexibility index (Phi) is 9.06. The van der Waals surface area contributed by atoms with E-state index in [-0.39, 0.29) is 12.6 Å². The summed E-state index contributed by atoms with van der Waals surface area (Å²) < 4.78 is 0. The lowest BCUT2D eigenvalue weighted by molar-refractivity contribution is -0.141. The van der Waals surface area contributed by atoms with Crippen LogP contribution in [0.25, 0.3) is 0 Å². The Morgan fingerprint density at radius 1 is 1.22 bits per heavy atom. The zero-order valence-corrected chi connectivity index (χ0v) is 11.7. The maximum Gasteiger partial charge on any atom is 0.317 e. The molecule has 0 aromatic carbocycles. The summed E-state index contributed by atoms with van der Waals surface area (Å²) in [6.07, 6.45) is 3.41. The molecule has 106 valence electrons. The molecule has 0 aromatic heterocycles. The number of carbonyl (C=O) groups is 2. The van der Waals surface area contributed by atoms with Gasteiger partial charge in [0.05, 0.1) is 5.92 Å². The minimum atomic E-state index is -0.839. The quantitative estimate of drug-likeness (QED) is 0.667. The van der Waals surface area contributed by atoms with Gasteiger partial charge in [-0.25, -0.2) is 4.79 Å². The molecule has 1 atom stereocenters. The number of carboxylic acids is 1. The van der Waals surface area contributed by atoms with Gasteiger partial charge in [-0.2, -0.15) is 0 Å². The second-order valence-electron chi connectivity index (χ2n) is 4.44. The SMILES string of the molecule is CCCCN(CC)C(=O)NCC(CCC)C(=O)O. The molecule has 5 heteroatoms. The molecule has 0 saturated heterocycles. The number of rotatable bonds is 9. The normalized spacial score (nSPS) is 11.9. The minimum absolute atomic E-state index is 0.159. The van der Waals surface area contributed by atoms with Gasteiger partial charge in [0.25, 0.3) is 0 Å². The van der Waals surface area contributed by atoms with Crippen LogP contribution in [0.1, 0.15) is 46.5 Å². The summed E-state index contributed by atoms with van der Waals surface area (Å²) in [5, 5.41) is 11.7. The van der Waals surface area contributed by atoms with Crippen molar-refractivity contribution in [3.63, 3.8) is 0 Å². The van der Waals surface area contributed by atoms with Crippen LogP contribution < -0.4 is 5.32 Å². The van der Waals surface area contributed by atoms with E-state index in [0.717, 1.165) is 25.8 Å². The summed E-state index contributed by atoms with van der Waals surface area (Å²) >= 11 is 0. The molecule has 0 saturated carbocycles. The molecule has 0 aliphatic rings. The highest BCUT2D eigenvalue weighted by Gasteiger charge is 2.18. The average molecular weight is 258 g/mol. The van der Waals surface area contributed by atoms with Crippen molar-refractivity contribution in [3.8, 4) is 0 Å². The monoisotopic (exact) mass is 258 g/mol. The molecule has 1 unspecified atom stereocenters. The number of unbranched alkanes of at least 4 members (excludes halogenated alkanes) is 1. The van der Waals surface area contributed by atoms with Crippen molar-refractivity contribution in [1.29, 1.82) is 0 Å². The fourth-order valence-corrected chi connectivity index (χ4v) is 1.74. The Morgan fingerprint density at radius 2 is 1.89 bits per heavy atom. The van der Waals surface area contributed by atoms with E-state index in [1.165, 1.54) is 0 Å². The van der Waals surface area contributed by atoms with Gasteiger partial charge in [-0.3, -0.25) is 4.79 Å². The highest BCUT2D eigenvalue weighted by molar-refractivity contribution is 5.76. The molecule has 0 radical (unpaired) electrons. The summed E-state index contributed by atoms with van der Waals surface area (Å²) in [7, 11) is 0. The molecule has 2 N–H and O–H groups in total. The van der Waals surface area contributed by atoms with Gasteiger partial charge in [0.15, 0.2) is 0 Å². The zero-order valence-electron chi connectivity index (χ0n) is 11.7. The molecule has 18 heavy (non-hydrogen) atoms. The van der Waals surface area contributed by atoms with E-state index >= 15 is 0 Å². The van der Waals surface area contributed by atoms with Crippen LogP contribution in [0.5, 0.6) is 0 Å². The molecule has 0 fully saturated rings. The lowest BCUT2D eigenvalue weighted by Crippen LogP contribution is -2.43. The van der Waals surface area contributed by atoms with Gasteiger partial charge < -0.3 is 15.3 Å². The van der Waals surface area contributed by atoms with Crippen molar-refractivity contribution in [2.45, 2.75) is 46.5 Å². The third-order valence-corrected chi connectivity index (χ3v) is 2.94. The maximum absolute atomic E-state index is 11.8. The number of nitrogens with zero attached hydrogens (tertiary/aromatic N) is 1. The van der Waals surface area contributed by atoms with Gasteiger partial charge in [-0.1, -0.05) is 26.7 Å². The molecule has 0 heterocycles. The van der Waals surface area contributed by atoms with Crippen LogP contribution in [-0.4, -0.2) is 41.6 Å². The Labute approximate surface area is 110 Å². The first-order valence-electron chi connectivity index (χ1n) is 6.82. The average Bonchev–Trinajstić information content (AvgIpc) is 2.34. The van der Waals surface area contributed by atoms with E-state index in [2.05, 4.69) is 12.2 Å².